The van der Waals surface area contributed by atoms with Gasteiger partial charge in [0.25, 0.3) is 0 Å². The van der Waals surface area contributed by atoms with Gasteiger partial charge in [0.1, 0.15) is 17.6 Å². The standard InChI is InChI=1S/C23H17ClF4N4/c1-12-2-4-15(17(25)10-12)21-20-14(16-11-13(24)3-5-18(16)30-20)7-9-32(21)22-29-8-6-19(31-22)23(26,27)28/h2-6,8,10-11,21,30H,7,9H2,1H3. The highest BCUT2D eigenvalue weighted by atomic mass is 35.5. The number of alkyl halides is 3. The summed E-state index contributed by atoms with van der Waals surface area (Å²) in [6, 6.07) is 10.4. The molecule has 0 fully saturated rings. The first-order valence-electron chi connectivity index (χ1n) is 9.95. The van der Waals surface area contributed by atoms with Gasteiger partial charge >= 0.3 is 6.18 Å². The van der Waals surface area contributed by atoms with Crippen LogP contribution in [-0.4, -0.2) is 21.5 Å². The van der Waals surface area contributed by atoms with Crippen molar-refractivity contribution >= 4 is 28.5 Å². The van der Waals surface area contributed by atoms with Crippen molar-refractivity contribution in [2.45, 2.75) is 25.6 Å². The number of nitrogens with zero attached hydrogens (tertiary/aromatic N) is 3. The number of rotatable bonds is 2. The van der Waals surface area contributed by atoms with Crippen LogP contribution >= 0.6 is 11.6 Å². The van der Waals surface area contributed by atoms with Gasteiger partial charge in [-0.15, -0.1) is 0 Å². The molecule has 0 amide bonds. The molecule has 1 aliphatic heterocycles. The third-order valence-electron chi connectivity index (χ3n) is 5.73. The van der Waals surface area contributed by atoms with Gasteiger partial charge in [-0.2, -0.15) is 13.2 Å². The predicted molar refractivity (Wildman–Crippen MR) is 114 cm³/mol. The average Bonchev–Trinajstić information content (AvgIpc) is 3.11. The van der Waals surface area contributed by atoms with E-state index in [0.717, 1.165) is 34.3 Å². The zero-order valence-corrected chi connectivity index (χ0v) is 17.6. The first-order valence-corrected chi connectivity index (χ1v) is 10.3. The average molecular weight is 461 g/mol. The van der Waals surface area contributed by atoms with Gasteiger partial charge < -0.3 is 9.88 Å². The fourth-order valence-corrected chi connectivity index (χ4v) is 4.47. The third-order valence-corrected chi connectivity index (χ3v) is 5.96. The minimum atomic E-state index is -4.61. The monoisotopic (exact) mass is 460 g/mol. The van der Waals surface area contributed by atoms with Crippen LogP contribution in [0.1, 0.15) is 34.1 Å². The number of aryl methyl sites for hydroxylation is 1. The first-order chi connectivity index (χ1) is 15.2. The number of anilines is 1. The van der Waals surface area contributed by atoms with Crippen LogP contribution in [0.3, 0.4) is 0 Å². The van der Waals surface area contributed by atoms with Crippen LogP contribution in [0.25, 0.3) is 10.9 Å². The summed E-state index contributed by atoms with van der Waals surface area (Å²) in [4.78, 5) is 12.8. The summed E-state index contributed by atoms with van der Waals surface area (Å²) in [6.07, 6.45) is -3.02. The molecule has 1 aliphatic rings. The molecule has 0 aliphatic carbocycles. The van der Waals surface area contributed by atoms with Gasteiger partial charge in [-0.25, -0.2) is 14.4 Å². The summed E-state index contributed by atoms with van der Waals surface area (Å²) in [5.74, 6) is -0.552. The van der Waals surface area contributed by atoms with Crippen molar-refractivity contribution in [2.24, 2.45) is 0 Å². The lowest BCUT2D eigenvalue weighted by Crippen LogP contribution is -2.38. The Labute approximate surface area is 185 Å². The first kappa shape index (κ1) is 20.8. The van der Waals surface area contributed by atoms with Crippen molar-refractivity contribution in [3.63, 3.8) is 0 Å². The fourth-order valence-electron chi connectivity index (χ4n) is 4.30. The maximum absolute atomic E-state index is 15.1. The fraction of sp³-hybridized carbons (Fsp3) is 0.217. The van der Waals surface area contributed by atoms with E-state index in [4.69, 9.17) is 11.6 Å². The number of aromatic nitrogens is 3. The number of aromatic amines is 1. The molecule has 1 unspecified atom stereocenters. The SMILES string of the molecule is Cc1ccc(C2c3[nH]c4ccc(Cl)cc4c3CCN2c2nccc(C(F)(F)F)n2)c(F)c1. The van der Waals surface area contributed by atoms with E-state index in [0.29, 0.717) is 29.2 Å². The maximum Gasteiger partial charge on any atom is 0.433 e. The lowest BCUT2D eigenvalue weighted by Gasteiger charge is -2.36. The summed E-state index contributed by atoms with van der Waals surface area (Å²) in [5, 5.41) is 1.48. The van der Waals surface area contributed by atoms with E-state index in [1.54, 1.807) is 30.0 Å². The topological polar surface area (TPSA) is 44.8 Å². The predicted octanol–water partition coefficient (Wildman–Crippen LogP) is 6.23. The highest BCUT2D eigenvalue weighted by molar-refractivity contribution is 6.31. The van der Waals surface area contributed by atoms with Gasteiger partial charge in [0.15, 0.2) is 0 Å². The lowest BCUT2D eigenvalue weighted by atomic mass is 9.92. The van der Waals surface area contributed by atoms with Crippen LogP contribution in [0, 0.1) is 12.7 Å². The second kappa shape index (κ2) is 7.48. The minimum absolute atomic E-state index is 0.105. The van der Waals surface area contributed by atoms with Crippen molar-refractivity contribution in [3.8, 4) is 0 Å². The molecular formula is C23H17ClF4N4. The molecule has 1 atom stereocenters. The molecule has 164 valence electrons. The summed E-state index contributed by atoms with van der Waals surface area (Å²) in [6.45, 7) is 2.09. The maximum atomic E-state index is 15.1. The molecule has 0 saturated carbocycles. The van der Waals surface area contributed by atoms with Crippen LogP contribution in [-0.2, 0) is 12.6 Å². The number of fused-ring (bicyclic) bond motifs is 3. The molecular weight excluding hydrogens is 444 g/mol. The number of benzene rings is 2. The van der Waals surface area contributed by atoms with Crippen molar-refractivity contribution < 1.29 is 17.6 Å². The Balaban J connectivity index is 1.72. The highest BCUT2D eigenvalue weighted by Gasteiger charge is 2.37. The van der Waals surface area contributed by atoms with Gasteiger partial charge in [-0.1, -0.05) is 23.7 Å². The van der Waals surface area contributed by atoms with Gasteiger partial charge in [0.2, 0.25) is 5.95 Å². The molecule has 0 bridgehead atoms. The van der Waals surface area contributed by atoms with E-state index >= 15 is 4.39 Å². The third kappa shape index (κ3) is 3.48. The van der Waals surface area contributed by atoms with E-state index in [2.05, 4.69) is 15.0 Å². The Hall–Kier alpha value is -3.13. The zero-order valence-electron chi connectivity index (χ0n) is 16.8. The molecule has 9 heteroatoms. The second-order valence-electron chi connectivity index (χ2n) is 7.82. The van der Waals surface area contributed by atoms with Gasteiger partial charge in [-0.05, 0) is 54.8 Å². The number of H-pyrrole nitrogens is 1. The lowest BCUT2D eigenvalue weighted by molar-refractivity contribution is -0.141. The molecule has 0 saturated heterocycles. The molecule has 4 nitrogen and oxygen atoms in total. The Morgan fingerprint density at radius 2 is 1.94 bits per heavy atom. The molecule has 32 heavy (non-hydrogen) atoms. The molecule has 2 aromatic carbocycles. The number of halogens is 5. The molecule has 5 rings (SSSR count). The smallest absolute Gasteiger partial charge is 0.356 e. The van der Waals surface area contributed by atoms with Crippen LogP contribution in [0.15, 0.2) is 48.7 Å². The summed E-state index contributed by atoms with van der Waals surface area (Å²) in [7, 11) is 0. The number of hydrogen-bond donors (Lipinski definition) is 1. The van der Waals surface area contributed by atoms with Crippen molar-refractivity contribution in [3.05, 3.63) is 87.6 Å². The Bertz CT molecular complexity index is 1330. The van der Waals surface area contributed by atoms with Gasteiger partial charge in [0, 0.05) is 39.9 Å². The van der Waals surface area contributed by atoms with E-state index in [-0.39, 0.29) is 5.95 Å². The number of hydrogen-bond acceptors (Lipinski definition) is 3. The summed E-state index contributed by atoms with van der Waals surface area (Å²) >= 11 is 6.19. The van der Waals surface area contributed by atoms with E-state index in [9.17, 15) is 13.2 Å². The van der Waals surface area contributed by atoms with Crippen LogP contribution < -0.4 is 4.90 Å². The highest BCUT2D eigenvalue weighted by Crippen LogP contribution is 2.41. The minimum Gasteiger partial charge on any atom is -0.356 e. The molecule has 3 heterocycles. The largest absolute Gasteiger partial charge is 0.433 e. The normalized spacial score (nSPS) is 16.4. The van der Waals surface area contributed by atoms with Crippen molar-refractivity contribution in [2.75, 3.05) is 11.4 Å². The van der Waals surface area contributed by atoms with E-state index in [1.807, 2.05) is 12.1 Å². The summed E-state index contributed by atoms with van der Waals surface area (Å²) < 4.78 is 55.0. The van der Waals surface area contributed by atoms with Gasteiger partial charge in [-0.3, -0.25) is 0 Å². The van der Waals surface area contributed by atoms with E-state index in [1.165, 1.54) is 6.07 Å². The quantitative estimate of drug-likeness (QED) is 0.361. The summed E-state index contributed by atoms with van der Waals surface area (Å²) in [5.41, 5.74) is 2.50. The molecule has 4 aromatic rings. The molecule has 1 N–H and O–H groups in total. The van der Waals surface area contributed by atoms with Crippen LogP contribution in [0.5, 0.6) is 0 Å². The molecule has 0 radical (unpaired) electrons. The van der Waals surface area contributed by atoms with E-state index < -0.39 is 23.7 Å². The van der Waals surface area contributed by atoms with Gasteiger partial charge in [0.05, 0.1) is 0 Å². The number of nitrogens with one attached hydrogen (secondary N) is 1. The molecule has 0 spiro atoms. The van der Waals surface area contributed by atoms with Crippen molar-refractivity contribution in [1.29, 1.82) is 0 Å². The van der Waals surface area contributed by atoms with Crippen LogP contribution in [0.4, 0.5) is 23.5 Å². The Morgan fingerprint density at radius 1 is 1.12 bits per heavy atom. The van der Waals surface area contributed by atoms with Crippen LogP contribution in [0.2, 0.25) is 5.02 Å². The van der Waals surface area contributed by atoms with Crippen molar-refractivity contribution in [1.82, 2.24) is 15.0 Å². The molecule has 2 aromatic heterocycles. The second-order valence-corrected chi connectivity index (χ2v) is 8.25. The zero-order chi connectivity index (χ0) is 22.6. The Morgan fingerprint density at radius 3 is 2.69 bits per heavy atom. The Kier molecular flexibility index (Phi) is 4.85.